The van der Waals surface area contributed by atoms with Gasteiger partial charge in [0.25, 0.3) is 0 Å². The van der Waals surface area contributed by atoms with Crippen LogP contribution in [0.15, 0.2) is 24.3 Å². The van der Waals surface area contributed by atoms with Crippen LogP contribution in [0, 0.1) is 0 Å². The minimum Gasteiger partial charge on any atom is -0.340 e. The predicted molar refractivity (Wildman–Crippen MR) is 71.6 cm³/mol. The van der Waals surface area contributed by atoms with Crippen molar-refractivity contribution in [2.75, 3.05) is 26.2 Å². The first-order chi connectivity index (χ1) is 8.86. The summed E-state index contributed by atoms with van der Waals surface area (Å²) in [6.45, 7) is 3.58. The Kier molecular flexibility index (Phi) is 3.33. The summed E-state index contributed by atoms with van der Waals surface area (Å²) < 4.78 is 0. The molecule has 1 heterocycles. The van der Waals surface area contributed by atoms with Crippen molar-refractivity contribution >= 4 is 5.91 Å². The summed E-state index contributed by atoms with van der Waals surface area (Å²) >= 11 is 0. The third kappa shape index (κ3) is 2.15. The lowest BCUT2D eigenvalue weighted by Crippen LogP contribution is -2.48. The monoisotopic (exact) mass is 244 g/mol. The second-order valence-electron chi connectivity index (χ2n) is 5.22. The molecule has 1 saturated heterocycles. The molecule has 1 aliphatic heterocycles. The summed E-state index contributed by atoms with van der Waals surface area (Å²) in [6, 6.07) is 8.45. The summed E-state index contributed by atoms with van der Waals surface area (Å²) in [5, 5.41) is 3.30. The molecular weight excluding hydrogens is 224 g/mol. The Balaban J connectivity index is 1.82. The van der Waals surface area contributed by atoms with Crippen molar-refractivity contribution in [1.82, 2.24) is 10.2 Å². The number of nitrogens with zero attached hydrogens (tertiary/aromatic N) is 1. The molecule has 3 rings (SSSR count). The molecule has 1 fully saturated rings. The van der Waals surface area contributed by atoms with Gasteiger partial charge in [-0.2, -0.15) is 0 Å². The summed E-state index contributed by atoms with van der Waals surface area (Å²) in [5.41, 5.74) is 2.64. The SMILES string of the molecule is O=C(C1CCCc2ccccc21)N1CCNCC1. The number of benzene rings is 1. The van der Waals surface area contributed by atoms with Gasteiger partial charge in [0.05, 0.1) is 5.92 Å². The predicted octanol–water partition coefficient (Wildman–Crippen LogP) is 1.54. The standard InChI is InChI=1S/C15H20N2O/c18-15(17-10-8-16-9-11-17)14-7-3-5-12-4-1-2-6-13(12)14/h1-2,4,6,14,16H,3,5,7-11H2. The molecule has 1 aromatic carbocycles. The zero-order chi connectivity index (χ0) is 12.4. The van der Waals surface area contributed by atoms with Gasteiger partial charge in [-0.3, -0.25) is 4.79 Å². The minimum absolute atomic E-state index is 0.105. The Morgan fingerprint density at radius 1 is 1.22 bits per heavy atom. The number of hydrogen-bond donors (Lipinski definition) is 1. The highest BCUT2D eigenvalue weighted by molar-refractivity contribution is 5.84. The minimum atomic E-state index is 0.105. The van der Waals surface area contributed by atoms with E-state index in [1.165, 1.54) is 11.1 Å². The van der Waals surface area contributed by atoms with Gasteiger partial charge in [0.15, 0.2) is 0 Å². The number of hydrogen-bond acceptors (Lipinski definition) is 2. The number of fused-ring (bicyclic) bond motifs is 1. The number of carbonyl (C=O) groups is 1. The summed E-state index contributed by atoms with van der Waals surface area (Å²) in [6.07, 6.45) is 3.28. The molecule has 0 spiro atoms. The molecule has 0 radical (unpaired) electrons. The van der Waals surface area contributed by atoms with Gasteiger partial charge in [-0.1, -0.05) is 24.3 Å². The average Bonchev–Trinajstić information content (AvgIpc) is 2.47. The van der Waals surface area contributed by atoms with E-state index in [0.717, 1.165) is 45.4 Å². The Labute approximate surface area is 108 Å². The van der Waals surface area contributed by atoms with Crippen molar-refractivity contribution in [2.45, 2.75) is 25.2 Å². The molecule has 3 heteroatoms. The van der Waals surface area contributed by atoms with Gasteiger partial charge >= 0.3 is 0 Å². The van der Waals surface area contributed by atoms with E-state index in [4.69, 9.17) is 0 Å². The Morgan fingerprint density at radius 2 is 2.00 bits per heavy atom. The van der Waals surface area contributed by atoms with E-state index in [0.29, 0.717) is 5.91 Å². The molecule has 0 bridgehead atoms. The molecule has 1 N–H and O–H groups in total. The van der Waals surface area contributed by atoms with Gasteiger partial charge in [0.1, 0.15) is 0 Å². The normalized spacial score (nSPS) is 23.6. The van der Waals surface area contributed by atoms with E-state index in [9.17, 15) is 4.79 Å². The van der Waals surface area contributed by atoms with E-state index in [-0.39, 0.29) is 5.92 Å². The number of rotatable bonds is 1. The fourth-order valence-electron chi connectivity index (χ4n) is 3.12. The average molecular weight is 244 g/mol. The van der Waals surface area contributed by atoms with Crippen LogP contribution >= 0.6 is 0 Å². The Bertz CT molecular complexity index is 438. The van der Waals surface area contributed by atoms with Crippen molar-refractivity contribution in [2.24, 2.45) is 0 Å². The van der Waals surface area contributed by atoms with Crippen molar-refractivity contribution in [3.05, 3.63) is 35.4 Å². The van der Waals surface area contributed by atoms with Gasteiger partial charge in [0.2, 0.25) is 5.91 Å². The second-order valence-corrected chi connectivity index (χ2v) is 5.22. The first kappa shape index (κ1) is 11.7. The van der Waals surface area contributed by atoms with Crippen molar-refractivity contribution in [3.8, 4) is 0 Å². The van der Waals surface area contributed by atoms with Crippen LogP contribution in [-0.4, -0.2) is 37.0 Å². The van der Waals surface area contributed by atoms with Crippen LogP contribution in [0.4, 0.5) is 0 Å². The number of aryl methyl sites for hydroxylation is 1. The Morgan fingerprint density at radius 3 is 2.83 bits per heavy atom. The number of piperazine rings is 1. The lowest BCUT2D eigenvalue weighted by atomic mass is 9.82. The quantitative estimate of drug-likeness (QED) is 0.812. The first-order valence-electron chi connectivity index (χ1n) is 6.93. The molecule has 1 aliphatic carbocycles. The molecule has 2 aliphatic rings. The fourth-order valence-corrected chi connectivity index (χ4v) is 3.12. The van der Waals surface area contributed by atoms with Gasteiger partial charge in [-0.25, -0.2) is 0 Å². The van der Waals surface area contributed by atoms with E-state index in [1.807, 2.05) is 4.90 Å². The molecule has 1 atom stereocenters. The van der Waals surface area contributed by atoms with Crippen LogP contribution in [-0.2, 0) is 11.2 Å². The third-order valence-corrected chi connectivity index (χ3v) is 4.10. The van der Waals surface area contributed by atoms with Crippen LogP contribution in [0.3, 0.4) is 0 Å². The van der Waals surface area contributed by atoms with Crippen LogP contribution in [0.5, 0.6) is 0 Å². The molecule has 1 amide bonds. The molecule has 3 nitrogen and oxygen atoms in total. The highest BCUT2D eigenvalue weighted by Crippen LogP contribution is 2.32. The lowest BCUT2D eigenvalue weighted by molar-refractivity contribution is -0.133. The Hall–Kier alpha value is -1.35. The van der Waals surface area contributed by atoms with E-state index < -0.39 is 0 Å². The summed E-state index contributed by atoms with van der Waals surface area (Å²) in [7, 11) is 0. The summed E-state index contributed by atoms with van der Waals surface area (Å²) in [5.74, 6) is 0.441. The third-order valence-electron chi connectivity index (χ3n) is 4.10. The maximum absolute atomic E-state index is 12.6. The maximum atomic E-state index is 12.6. The molecule has 0 saturated carbocycles. The van der Waals surface area contributed by atoms with E-state index >= 15 is 0 Å². The first-order valence-corrected chi connectivity index (χ1v) is 6.93. The highest BCUT2D eigenvalue weighted by Gasteiger charge is 2.30. The second kappa shape index (κ2) is 5.11. The van der Waals surface area contributed by atoms with Gasteiger partial charge in [-0.15, -0.1) is 0 Å². The molecular formula is C15H20N2O. The van der Waals surface area contributed by atoms with Gasteiger partial charge < -0.3 is 10.2 Å². The maximum Gasteiger partial charge on any atom is 0.230 e. The van der Waals surface area contributed by atoms with Crippen LogP contribution in [0.2, 0.25) is 0 Å². The highest BCUT2D eigenvalue weighted by atomic mass is 16.2. The van der Waals surface area contributed by atoms with Crippen LogP contribution < -0.4 is 5.32 Å². The smallest absolute Gasteiger partial charge is 0.230 e. The van der Waals surface area contributed by atoms with Crippen molar-refractivity contribution in [3.63, 3.8) is 0 Å². The summed E-state index contributed by atoms with van der Waals surface area (Å²) in [4.78, 5) is 14.6. The molecule has 1 unspecified atom stereocenters. The van der Waals surface area contributed by atoms with E-state index in [2.05, 4.69) is 29.6 Å². The topological polar surface area (TPSA) is 32.3 Å². The molecule has 1 aromatic rings. The number of nitrogens with one attached hydrogen (secondary N) is 1. The largest absolute Gasteiger partial charge is 0.340 e. The zero-order valence-corrected chi connectivity index (χ0v) is 10.7. The number of amides is 1. The van der Waals surface area contributed by atoms with Gasteiger partial charge in [0, 0.05) is 26.2 Å². The van der Waals surface area contributed by atoms with Crippen LogP contribution in [0.25, 0.3) is 0 Å². The van der Waals surface area contributed by atoms with Crippen molar-refractivity contribution in [1.29, 1.82) is 0 Å². The zero-order valence-electron chi connectivity index (χ0n) is 10.7. The molecule has 18 heavy (non-hydrogen) atoms. The van der Waals surface area contributed by atoms with Gasteiger partial charge in [-0.05, 0) is 30.4 Å². The molecule has 0 aromatic heterocycles. The fraction of sp³-hybridized carbons (Fsp3) is 0.533. The van der Waals surface area contributed by atoms with Crippen molar-refractivity contribution < 1.29 is 4.79 Å². The lowest BCUT2D eigenvalue weighted by Gasteiger charge is -2.33. The van der Waals surface area contributed by atoms with E-state index in [1.54, 1.807) is 0 Å². The van der Waals surface area contributed by atoms with Crippen LogP contribution in [0.1, 0.15) is 29.9 Å². The molecule has 96 valence electrons. The number of carbonyl (C=O) groups excluding carboxylic acids is 1.